The summed E-state index contributed by atoms with van der Waals surface area (Å²) in [6, 6.07) is 14.7. The first kappa shape index (κ1) is 14.4. The van der Waals surface area contributed by atoms with Crippen LogP contribution in [-0.4, -0.2) is 5.91 Å². The van der Waals surface area contributed by atoms with Gasteiger partial charge in [0.2, 0.25) is 5.91 Å². The molecule has 0 radical (unpaired) electrons. The Kier molecular flexibility index (Phi) is 4.64. The lowest BCUT2D eigenvalue weighted by molar-refractivity contribution is -0.121. The van der Waals surface area contributed by atoms with Gasteiger partial charge in [-0.3, -0.25) is 4.79 Å². The molecule has 0 aliphatic rings. The summed E-state index contributed by atoms with van der Waals surface area (Å²) in [6.07, 6.45) is 0.338. The van der Waals surface area contributed by atoms with Crippen LogP contribution in [0.2, 0.25) is 5.02 Å². The smallest absolute Gasteiger partial charge is 0.224 e. The van der Waals surface area contributed by atoms with E-state index in [0.29, 0.717) is 17.1 Å². The third-order valence-corrected chi connectivity index (χ3v) is 3.31. The summed E-state index contributed by atoms with van der Waals surface area (Å²) in [5.41, 5.74) is 8.24. The molecule has 1 atom stereocenters. The lowest BCUT2D eigenvalue weighted by Gasteiger charge is -2.14. The van der Waals surface area contributed by atoms with E-state index in [-0.39, 0.29) is 11.9 Å². The van der Waals surface area contributed by atoms with Crippen LogP contribution in [0.4, 0.5) is 5.69 Å². The molecule has 2 aromatic rings. The summed E-state index contributed by atoms with van der Waals surface area (Å²) >= 11 is 5.95. The molecule has 0 aliphatic carbocycles. The maximum atomic E-state index is 12.0. The number of carbonyl (C=O) groups excluding carboxylic acids is 1. The van der Waals surface area contributed by atoms with Gasteiger partial charge in [-0.2, -0.15) is 0 Å². The van der Waals surface area contributed by atoms with Crippen LogP contribution in [-0.2, 0) is 11.2 Å². The average Bonchev–Trinajstić information content (AvgIpc) is 2.41. The zero-order valence-corrected chi connectivity index (χ0v) is 12.0. The van der Waals surface area contributed by atoms with E-state index in [4.69, 9.17) is 17.3 Å². The minimum atomic E-state index is -0.0741. The third kappa shape index (κ3) is 4.00. The second kappa shape index (κ2) is 6.44. The number of rotatable bonds is 4. The number of nitrogens with two attached hydrogens (primary N) is 1. The highest BCUT2D eigenvalue weighted by Gasteiger charge is 2.10. The number of hydrogen-bond donors (Lipinski definition) is 2. The van der Waals surface area contributed by atoms with E-state index in [1.807, 2.05) is 43.3 Å². The third-order valence-electron chi connectivity index (χ3n) is 3.07. The molecule has 3 nitrogen and oxygen atoms in total. The fraction of sp³-hybridized carbons (Fsp3) is 0.188. The van der Waals surface area contributed by atoms with Crippen molar-refractivity contribution in [2.45, 2.75) is 19.4 Å². The molecule has 0 saturated carbocycles. The van der Waals surface area contributed by atoms with Crippen molar-refractivity contribution >= 4 is 23.2 Å². The molecular formula is C16H17ClN2O. The van der Waals surface area contributed by atoms with E-state index in [0.717, 1.165) is 11.1 Å². The Morgan fingerprint density at radius 1 is 1.25 bits per heavy atom. The number of amides is 1. The van der Waals surface area contributed by atoms with Gasteiger partial charge in [0, 0.05) is 10.7 Å². The van der Waals surface area contributed by atoms with Crippen molar-refractivity contribution in [1.29, 1.82) is 0 Å². The molecule has 0 fully saturated rings. The maximum absolute atomic E-state index is 12.0. The summed E-state index contributed by atoms with van der Waals surface area (Å²) in [7, 11) is 0. The average molecular weight is 289 g/mol. The number of nitrogens with one attached hydrogen (secondary N) is 1. The van der Waals surface area contributed by atoms with Gasteiger partial charge in [-0.25, -0.2) is 0 Å². The van der Waals surface area contributed by atoms with Crippen LogP contribution in [0, 0.1) is 0 Å². The number of halogens is 1. The van der Waals surface area contributed by atoms with Crippen molar-refractivity contribution in [3.8, 4) is 0 Å². The molecule has 0 bridgehead atoms. The van der Waals surface area contributed by atoms with Crippen LogP contribution >= 0.6 is 11.6 Å². The quantitative estimate of drug-likeness (QED) is 0.848. The molecule has 0 unspecified atom stereocenters. The van der Waals surface area contributed by atoms with E-state index in [2.05, 4.69) is 5.32 Å². The lowest BCUT2D eigenvalue weighted by Crippen LogP contribution is -2.28. The zero-order chi connectivity index (χ0) is 14.5. The van der Waals surface area contributed by atoms with E-state index >= 15 is 0 Å². The molecule has 4 heteroatoms. The molecule has 104 valence electrons. The molecule has 0 aromatic heterocycles. The molecule has 0 spiro atoms. The Hall–Kier alpha value is -2.00. The molecule has 2 aromatic carbocycles. The largest absolute Gasteiger partial charge is 0.399 e. The Balaban J connectivity index is 1.95. The minimum absolute atomic E-state index is 0.0257. The van der Waals surface area contributed by atoms with Gasteiger partial charge in [0.15, 0.2) is 0 Å². The summed E-state index contributed by atoms with van der Waals surface area (Å²) in [6.45, 7) is 1.94. The van der Waals surface area contributed by atoms with Crippen molar-refractivity contribution < 1.29 is 4.79 Å². The van der Waals surface area contributed by atoms with Gasteiger partial charge in [0.25, 0.3) is 0 Å². The SMILES string of the molecule is C[C@@H](NC(=O)Cc1ccc(N)cc1)c1cccc(Cl)c1. The predicted molar refractivity (Wildman–Crippen MR) is 82.6 cm³/mol. The highest BCUT2D eigenvalue weighted by Crippen LogP contribution is 2.17. The molecule has 1 amide bonds. The Morgan fingerprint density at radius 2 is 1.95 bits per heavy atom. The Labute approximate surface area is 123 Å². The second-order valence-corrected chi connectivity index (χ2v) is 5.20. The molecule has 0 saturated heterocycles. The Morgan fingerprint density at radius 3 is 2.60 bits per heavy atom. The van der Waals surface area contributed by atoms with Crippen molar-refractivity contribution in [2.24, 2.45) is 0 Å². The number of carbonyl (C=O) groups is 1. The van der Waals surface area contributed by atoms with Crippen LogP contribution in [0.3, 0.4) is 0 Å². The zero-order valence-electron chi connectivity index (χ0n) is 11.3. The molecule has 2 rings (SSSR count). The number of anilines is 1. The van der Waals surface area contributed by atoms with Crippen molar-refractivity contribution in [3.63, 3.8) is 0 Å². The lowest BCUT2D eigenvalue weighted by atomic mass is 10.1. The second-order valence-electron chi connectivity index (χ2n) is 4.76. The molecule has 0 aliphatic heterocycles. The van der Waals surface area contributed by atoms with Crippen LogP contribution in [0.5, 0.6) is 0 Å². The fourth-order valence-corrected chi connectivity index (χ4v) is 2.17. The minimum Gasteiger partial charge on any atom is -0.399 e. The molecule has 20 heavy (non-hydrogen) atoms. The van der Waals surface area contributed by atoms with E-state index in [1.54, 1.807) is 12.1 Å². The number of nitrogen functional groups attached to an aromatic ring is 1. The summed E-state index contributed by atoms with van der Waals surface area (Å²) in [5, 5.41) is 3.63. The first-order valence-electron chi connectivity index (χ1n) is 6.44. The van der Waals surface area contributed by atoms with Crippen LogP contribution in [0.15, 0.2) is 48.5 Å². The van der Waals surface area contributed by atoms with Crippen LogP contribution in [0.25, 0.3) is 0 Å². The monoisotopic (exact) mass is 288 g/mol. The van der Waals surface area contributed by atoms with Crippen molar-refractivity contribution in [2.75, 3.05) is 5.73 Å². The summed E-state index contributed by atoms with van der Waals surface area (Å²) < 4.78 is 0. The van der Waals surface area contributed by atoms with E-state index < -0.39 is 0 Å². The van der Waals surface area contributed by atoms with Crippen LogP contribution < -0.4 is 11.1 Å². The highest BCUT2D eigenvalue weighted by molar-refractivity contribution is 6.30. The van der Waals surface area contributed by atoms with Crippen molar-refractivity contribution in [1.82, 2.24) is 5.32 Å². The topological polar surface area (TPSA) is 55.1 Å². The van der Waals surface area contributed by atoms with Gasteiger partial charge in [0.1, 0.15) is 0 Å². The van der Waals surface area contributed by atoms with Crippen molar-refractivity contribution in [3.05, 3.63) is 64.7 Å². The molecule has 3 N–H and O–H groups in total. The van der Waals surface area contributed by atoms with Gasteiger partial charge < -0.3 is 11.1 Å². The number of benzene rings is 2. The number of hydrogen-bond acceptors (Lipinski definition) is 2. The van der Waals surface area contributed by atoms with Gasteiger partial charge in [-0.1, -0.05) is 35.9 Å². The molecule has 0 heterocycles. The van der Waals surface area contributed by atoms with Crippen LogP contribution in [0.1, 0.15) is 24.1 Å². The van der Waals surface area contributed by atoms with E-state index in [1.165, 1.54) is 0 Å². The predicted octanol–water partition coefficient (Wildman–Crippen LogP) is 3.34. The Bertz CT molecular complexity index is 596. The standard InChI is InChI=1S/C16H17ClN2O/c1-11(13-3-2-4-14(17)10-13)19-16(20)9-12-5-7-15(18)8-6-12/h2-8,10-11H,9,18H2,1H3,(H,19,20)/t11-/m1/s1. The van der Waals surface area contributed by atoms with Gasteiger partial charge in [-0.05, 0) is 42.3 Å². The maximum Gasteiger partial charge on any atom is 0.224 e. The van der Waals surface area contributed by atoms with E-state index in [9.17, 15) is 4.79 Å². The summed E-state index contributed by atoms with van der Waals surface area (Å²) in [4.78, 5) is 12.0. The first-order chi connectivity index (χ1) is 9.54. The first-order valence-corrected chi connectivity index (χ1v) is 6.81. The molecular weight excluding hydrogens is 272 g/mol. The van der Waals surface area contributed by atoms with Gasteiger partial charge in [0.05, 0.1) is 12.5 Å². The summed E-state index contributed by atoms with van der Waals surface area (Å²) in [5.74, 6) is -0.0257. The van der Waals surface area contributed by atoms with Gasteiger partial charge >= 0.3 is 0 Å². The fourth-order valence-electron chi connectivity index (χ4n) is 1.97. The van der Waals surface area contributed by atoms with Gasteiger partial charge in [-0.15, -0.1) is 0 Å². The normalized spacial score (nSPS) is 11.9. The highest BCUT2D eigenvalue weighted by atomic mass is 35.5.